The molecule has 5 heteroatoms. The van der Waals surface area contributed by atoms with E-state index in [1.54, 1.807) is 6.07 Å². The Bertz CT molecular complexity index is 540. The normalized spacial score (nSPS) is 20.7. The quantitative estimate of drug-likeness (QED) is 0.890. The first-order valence-electron chi connectivity index (χ1n) is 7.23. The van der Waals surface area contributed by atoms with Crippen LogP contribution in [0.1, 0.15) is 45.2 Å². The van der Waals surface area contributed by atoms with Crippen molar-refractivity contribution >= 4 is 29.1 Å². The summed E-state index contributed by atoms with van der Waals surface area (Å²) in [6, 6.07) is 5.11. The molecule has 0 bridgehead atoms. The van der Waals surface area contributed by atoms with Crippen molar-refractivity contribution in [3.05, 3.63) is 33.8 Å². The molecule has 1 unspecified atom stereocenters. The highest BCUT2D eigenvalue weighted by Crippen LogP contribution is 2.36. The SMILES string of the molecule is CC(C)(C)[C@H](N)C(=O)N1CCCC1c1ccc(Cl)c(Cl)c1. The van der Waals surface area contributed by atoms with Gasteiger partial charge < -0.3 is 10.6 Å². The third-order valence-electron chi connectivity index (χ3n) is 4.06. The van der Waals surface area contributed by atoms with Crippen molar-refractivity contribution in [2.75, 3.05) is 6.54 Å². The number of amides is 1. The van der Waals surface area contributed by atoms with Gasteiger partial charge in [0.1, 0.15) is 0 Å². The second-order valence-corrected chi connectivity index (χ2v) is 7.52. The van der Waals surface area contributed by atoms with Gasteiger partial charge in [-0.05, 0) is 36.0 Å². The monoisotopic (exact) mass is 328 g/mol. The summed E-state index contributed by atoms with van der Waals surface area (Å²) in [4.78, 5) is 14.6. The Balaban J connectivity index is 2.24. The molecule has 1 heterocycles. The topological polar surface area (TPSA) is 46.3 Å². The summed E-state index contributed by atoms with van der Waals surface area (Å²) < 4.78 is 0. The van der Waals surface area contributed by atoms with E-state index in [2.05, 4.69) is 0 Å². The molecule has 0 spiro atoms. The van der Waals surface area contributed by atoms with E-state index in [-0.39, 0.29) is 17.4 Å². The fourth-order valence-electron chi connectivity index (χ4n) is 2.65. The zero-order valence-corrected chi connectivity index (χ0v) is 14.2. The molecule has 1 fully saturated rings. The largest absolute Gasteiger partial charge is 0.334 e. The van der Waals surface area contributed by atoms with Crippen LogP contribution < -0.4 is 5.73 Å². The molecule has 0 saturated carbocycles. The summed E-state index contributed by atoms with van der Waals surface area (Å²) in [5.74, 6) is 0.0103. The second kappa shape index (κ2) is 6.15. The van der Waals surface area contributed by atoms with Gasteiger partial charge in [-0.25, -0.2) is 0 Å². The van der Waals surface area contributed by atoms with Crippen molar-refractivity contribution in [1.82, 2.24) is 4.90 Å². The van der Waals surface area contributed by atoms with Gasteiger partial charge in [-0.1, -0.05) is 50.0 Å². The third kappa shape index (κ3) is 3.53. The molecular formula is C16H22Cl2N2O. The summed E-state index contributed by atoms with van der Waals surface area (Å²) in [7, 11) is 0. The van der Waals surface area contributed by atoms with Crippen LogP contribution >= 0.6 is 23.2 Å². The van der Waals surface area contributed by atoms with Crippen molar-refractivity contribution in [2.45, 2.75) is 45.7 Å². The minimum absolute atomic E-state index is 0.0103. The van der Waals surface area contributed by atoms with Crippen LogP contribution in [0.15, 0.2) is 18.2 Å². The van der Waals surface area contributed by atoms with Gasteiger partial charge in [-0.15, -0.1) is 0 Å². The van der Waals surface area contributed by atoms with Crippen molar-refractivity contribution < 1.29 is 4.79 Å². The lowest BCUT2D eigenvalue weighted by atomic mass is 9.86. The summed E-state index contributed by atoms with van der Waals surface area (Å²) in [5, 5.41) is 1.05. The molecule has 1 aromatic rings. The van der Waals surface area contributed by atoms with Gasteiger partial charge in [-0.2, -0.15) is 0 Å². The van der Waals surface area contributed by atoms with Crippen LogP contribution in [0.4, 0.5) is 0 Å². The first-order chi connectivity index (χ1) is 9.71. The molecule has 116 valence electrons. The molecule has 2 rings (SSSR count). The van der Waals surface area contributed by atoms with Gasteiger partial charge in [-0.3, -0.25) is 4.79 Å². The van der Waals surface area contributed by atoms with E-state index in [4.69, 9.17) is 28.9 Å². The molecule has 0 aliphatic carbocycles. The molecule has 1 saturated heterocycles. The third-order valence-corrected chi connectivity index (χ3v) is 4.80. The smallest absolute Gasteiger partial charge is 0.240 e. The van der Waals surface area contributed by atoms with E-state index in [0.717, 1.165) is 24.9 Å². The fraction of sp³-hybridized carbons (Fsp3) is 0.562. The van der Waals surface area contributed by atoms with Crippen molar-refractivity contribution in [1.29, 1.82) is 0 Å². The average molecular weight is 329 g/mol. The average Bonchev–Trinajstić information content (AvgIpc) is 2.88. The first-order valence-corrected chi connectivity index (χ1v) is 7.98. The number of nitrogens with two attached hydrogens (primary N) is 1. The number of rotatable bonds is 2. The lowest BCUT2D eigenvalue weighted by molar-refractivity contribution is -0.135. The number of likely N-dealkylation sites (tertiary alicyclic amines) is 1. The highest BCUT2D eigenvalue weighted by atomic mass is 35.5. The van der Waals surface area contributed by atoms with Gasteiger partial charge in [0.25, 0.3) is 0 Å². The van der Waals surface area contributed by atoms with Gasteiger partial charge in [0, 0.05) is 6.54 Å². The molecule has 1 aromatic carbocycles. The van der Waals surface area contributed by atoms with E-state index in [1.807, 2.05) is 37.8 Å². The van der Waals surface area contributed by atoms with Gasteiger partial charge in [0.2, 0.25) is 5.91 Å². The first kappa shape index (κ1) is 16.6. The minimum atomic E-state index is -0.499. The zero-order chi connectivity index (χ0) is 15.8. The molecule has 0 radical (unpaired) electrons. The van der Waals surface area contributed by atoms with E-state index in [9.17, 15) is 4.79 Å². The molecule has 1 amide bonds. The Morgan fingerprint density at radius 3 is 2.57 bits per heavy atom. The molecular weight excluding hydrogens is 307 g/mol. The van der Waals surface area contributed by atoms with Crippen molar-refractivity contribution in [3.8, 4) is 0 Å². The predicted octanol–water partition coefficient (Wildman–Crippen LogP) is 4.03. The summed E-state index contributed by atoms with van der Waals surface area (Å²) in [6.45, 7) is 6.70. The number of carbonyl (C=O) groups excluding carboxylic acids is 1. The van der Waals surface area contributed by atoms with Crippen LogP contribution in [0.3, 0.4) is 0 Å². The lowest BCUT2D eigenvalue weighted by Gasteiger charge is -2.33. The molecule has 2 atom stereocenters. The number of halogens is 2. The van der Waals surface area contributed by atoms with E-state index < -0.39 is 6.04 Å². The van der Waals surface area contributed by atoms with Gasteiger partial charge >= 0.3 is 0 Å². The predicted molar refractivity (Wildman–Crippen MR) is 87.6 cm³/mol. The Morgan fingerprint density at radius 2 is 2.00 bits per heavy atom. The number of nitrogens with zero attached hydrogens (tertiary/aromatic N) is 1. The van der Waals surface area contributed by atoms with Crippen LogP contribution in [0.2, 0.25) is 10.0 Å². The summed E-state index contributed by atoms with van der Waals surface area (Å²) in [5.41, 5.74) is 6.91. The van der Waals surface area contributed by atoms with Crippen LogP contribution in [0, 0.1) is 5.41 Å². The molecule has 1 aliphatic heterocycles. The fourth-order valence-corrected chi connectivity index (χ4v) is 2.95. The number of hydrogen-bond donors (Lipinski definition) is 1. The standard InChI is InChI=1S/C16H22Cl2N2O/c1-16(2,3)14(19)15(21)20-8-4-5-13(20)10-6-7-11(17)12(18)9-10/h6-7,9,13-14H,4-5,8,19H2,1-3H3/t13?,14-/m1/s1. The van der Waals surface area contributed by atoms with Crippen LogP contribution in [-0.2, 0) is 4.79 Å². The van der Waals surface area contributed by atoms with Gasteiger partial charge in [0.15, 0.2) is 0 Å². The Kier molecular flexibility index (Phi) is 4.86. The molecule has 3 nitrogen and oxygen atoms in total. The summed E-state index contributed by atoms with van der Waals surface area (Å²) in [6.07, 6.45) is 1.91. The minimum Gasteiger partial charge on any atom is -0.334 e. The van der Waals surface area contributed by atoms with Gasteiger partial charge in [0.05, 0.1) is 22.1 Å². The zero-order valence-electron chi connectivity index (χ0n) is 12.7. The Labute approximate surface area is 136 Å². The Morgan fingerprint density at radius 1 is 1.33 bits per heavy atom. The summed E-state index contributed by atoms with van der Waals surface area (Å²) >= 11 is 12.1. The maximum absolute atomic E-state index is 12.7. The molecule has 2 N–H and O–H groups in total. The van der Waals surface area contributed by atoms with Crippen molar-refractivity contribution in [2.24, 2.45) is 11.1 Å². The van der Waals surface area contributed by atoms with E-state index >= 15 is 0 Å². The maximum Gasteiger partial charge on any atom is 0.240 e. The molecule has 21 heavy (non-hydrogen) atoms. The van der Waals surface area contributed by atoms with Crippen LogP contribution in [0.25, 0.3) is 0 Å². The van der Waals surface area contributed by atoms with E-state index in [1.165, 1.54) is 0 Å². The maximum atomic E-state index is 12.7. The molecule has 0 aromatic heterocycles. The second-order valence-electron chi connectivity index (χ2n) is 6.71. The van der Waals surface area contributed by atoms with Crippen LogP contribution in [0.5, 0.6) is 0 Å². The van der Waals surface area contributed by atoms with Crippen LogP contribution in [-0.4, -0.2) is 23.4 Å². The lowest BCUT2D eigenvalue weighted by Crippen LogP contribution is -2.50. The number of hydrogen-bond acceptors (Lipinski definition) is 2. The molecule has 1 aliphatic rings. The highest BCUT2D eigenvalue weighted by molar-refractivity contribution is 6.42. The van der Waals surface area contributed by atoms with E-state index in [0.29, 0.717) is 10.0 Å². The number of benzene rings is 1. The Hall–Kier alpha value is -0.770. The highest BCUT2D eigenvalue weighted by Gasteiger charge is 2.37. The van der Waals surface area contributed by atoms with Crippen molar-refractivity contribution in [3.63, 3.8) is 0 Å². The number of carbonyl (C=O) groups is 1.